The van der Waals surface area contributed by atoms with Crippen LogP contribution in [0.15, 0.2) is 18.3 Å². The first-order valence-corrected chi connectivity index (χ1v) is 5.46. The molecule has 3 N–H and O–H groups in total. The highest BCUT2D eigenvalue weighted by Gasteiger charge is 2.07. The van der Waals surface area contributed by atoms with Crippen molar-refractivity contribution in [3.8, 4) is 0 Å². The number of hydrogen-bond acceptors (Lipinski definition) is 3. The quantitative estimate of drug-likeness (QED) is 0.778. The molecular weight excluding hydrogens is 188 g/mol. The smallest absolute Gasteiger partial charge is 0.123 e. The van der Waals surface area contributed by atoms with Crippen LogP contribution in [-0.4, -0.2) is 16.2 Å². The van der Waals surface area contributed by atoms with E-state index in [4.69, 9.17) is 5.73 Å². The van der Waals surface area contributed by atoms with Gasteiger partial charge in [0, 0.05) is 6.20 Å². The molecule has 3 heteroatoms. The lowest BCUT2D eigenvalue weighted by atomic mass is 10.0. The summed E-state index contributed by atoms with van der Waals surface area (Å²) >= 11 is 0. The molecule has 0 aromatic carbocycles. The third kappa shape index (κ3) is 4.79. The molecule has 1 aromatic heterocycles. The van der Waals surface area contributed by atoms with E-state index in [9.17, 15) is 5.11 Å². The van der Waals surface area contributed by atoms with Gasteiger partial charge in [-0.2, -0.15) is 0 Å². The van der Waals surface area contributed by atoms with Gasteiger partial charge >= 0.3 is 0 Å². The lowest BCUT2D eigenvalue weighted by Crippen LogP contribution is -2.11. The fraction of sp³-hybridized carbons (Fsp3) is 0.583. The molecule has 0 fully saturated rings. The van der Waals surface area contributed by atoms with Gasteiger partial charge in [0.05, 0.1) is 6.10 Å². The molecule has 0 bridgehead atoms. The molecule has 0 aliphatic heterocycles. The molecule has 1 atom stereocenters. The number of nitrogens with zero attached hydrogens (tertiary/aromatic N) is 1. The molecule has 0 amide bonds. The molecule has 1 rings (SSSR count). The van der Waals surface area contributed by atoms with Gasteiger partial charge in [-0.05, 0) is 42.9 Å². The van der Waals surface area contributed by atoms with Gasteiger partial charge in [-0.25, -0.2) is 4.98 Å². The van der Waals surface area contributed by atoms with Gasteiger partial charge < -0.3 is 10.8 Å². The first kappa shape index (κ1) is 12.0. The number of pyridine rings is 1. The van der Waals surface area contributed by atoms with E-state index < -0.39 is 0 Å². The highest BCUT2D eigenvalue weighted by molar-refractivity contribution is 5.32. The Morgan fingerprint density at radius 2 is 2.13 bits per heavy atom. The molecular formula is C12H20N2O. The molecule has 84 valence electrons. The summed E-state index contributed by atoms with van der Waals surface area (Å²) in [6, 6.07) is 3.72. The second kappa shape index (κ2) is 5.71. The highest BCUT2D eigenvalue weighted by Crippen LogP contribution is 2.12. The predicted octanol–water partition coefficient (Wildman–Crippen LogP) is 2.00. The van der Waals surface area contributed by atoms with Crippen molar-refractivity contribution in [1.82, 2.24) is 4.98 Å². The number of aromatic nitrogens is 1. The number of hydrogen-bond donors (Lipinski definition) is 2. The van der Waals surface area contributed by atoms with E-state index in [1.807, 2.05) is 12.1 Å². The van der Waals surface area contributed by atoms with Gasteiger partial charge in [0.25, 0.3) is 0 Å². The third-order valence-electron chi connectivity index (χ3n) is 2.39. The van der Waals surface area contributed by atoms with Crippen LogP contribution in [0.25, 0.3) is 0 Å². The molecule has 15 heavy (non-hydrogen) atoms. The van der Waals surface area contributed by atoms with Crippen molar-refractivity contribution in [3.63, 3.8) is 0 Å². The monoisotopic (exact) mass is 208 g/mol. The fourth-order valence-corrected chi connectivity index (χ4v) is 1.52. The van der Waals surface area contributed by atoms with Crippen LogP contribution in [0.4, 0.5) is 5.82 Å². The summed E-state index contributed by atoms with van der Waals surface area (Å²) in [5.74, 6) is 1.16. The second-order valence-corrected chi connectivity index (χ2v) is 4.42. The largest absolute Gasteiger partial charge is 0.393 e. The SMILES string of the molecule is CC(C)CCC(O)Cc1ccnc(N)c1. The van der Waals surface area contributed by atoms with Crippen molar-refractivity contribution in [3.05, 3.63) is 23.9 Å². The molecule has 0 radical (unpaired) electrons. The summed E-state index contributed by atoms with van der Waals surface area (Å²) in [6.45, 7) is 4.33. The summed E-state index contributed by atoms with van der Waals surface area (Å²) in [5.41, 5.74) is 6.62. The lowest BCUT2D eigenvalue weighted by molar-refractivity contribution is 0.157. The van der Waals surface area contributed by atoms with E-state index in [1.165, 1.54) is 0 Å². The summed E-state index contributed by atoms with van der Waals surface area (Å²) in [5, 5.41) is 9.78. The van der Waals surface area contributed by atoms with Crippen LogP contribution >= 0.6 is 0 Å². The van der Waals surface area contributed by atoms with Crippen molar-refractivity contribution in [1.29, 1.82) is 0 Å². The molecule has 0 aliphatic rings. The second-order valence-electron chi connectivity index (χ2n) is 4.42. The Kier molecular flexibility index (Phi) is 4.56. The first-order chi connectivity index (χ1) is 7.08. The first-order valence-electron chi connectivity index (χ1n) is 5.46. The van der Waals surface area contributed by atoms with E-state index in [0.717, 1.165) is 18.4 Å². The van der Waals surface area contributed by atoms with Crippen LogP contribution < -0.4 is 5.73 Å². The van der Waals surface area contributed by atoms with Gasteiger partial charge in [0.1, 0.15) is 5.82 Å². The number of anilines is 1. The molecule has 0 saturated heterocycles. The number of nitrogen functional groups attached to an aromatic ring is 1. The van der Waals surface area contributed by atoms with Crippen molar-refractivity contribution in [2.24, 2.45) is 5.92 Å². The van der Waals surface area contributed by atoms with Crippen LogP contribution in [0.5, 0.6) is 0 Å². The van der Waals surface area contributed by atoms with Crippen molar-refractivity contribution < 1.29 is 5.11 Å². The normalized spacial score (nSPS) is 13.1. The molecule has 0 aliphatic carbocycles. The maximum Gasteiger partial charge on any atom is 0.123 e. The Balaban J connectivity index is 2.40. The minimum atomic E-state index is -0.269. The summed E-state index contributed by atoms with van der Waals surface area (Å²) in [6.07, 6.45) is 3.98. The molecule has 0 saturated carbocycles. The molecule has 0 spiro atoms. The Labute approximate surface area is 91.3 Å². The van der Waals surface area contributed by atoms with Gasteiger partial charge in [-0.15, -0.1) is 0 Å². The number of aliphatic hydroxyl groups is 1. The zero-order valence-electron chi connectivity index (χ0n) is 9.48. The van der Waals surface area contributed by atoms with Crippen LogP contribution in [0.1, 0.15) is 32.3 Å². The van der Waals surface area contributed by atoms with Crippen molar-refractivity contribution in [2.45, 2.75) is 39.2 Å². The Hall–Kier alpha value is -1.09. The number of rotatable bonds is 5. The minimum absolute atomic E-state index is 0.269. The van der Waals surface area contributed by atoms with Crippen LogP contribution in [-0.2, 0) is 6.42 Å². The van der Waals surface area contributed by atoms with Crippen LogP contribution in [0.2, 0.25) is 0 Å². The minimum Gasteiger partial charge on any atom is -0.393 e. The summed E-state index contributed by atoms with van der Waals surface area (Å²) < 4.78 is 0. The zero-order valence-corrected chi connectivity index (χ0v) is 9.48. The maximum absolute atomic E-state index is 9.78. The average molecular weight is 208 g/mol. The van der Waals surface area contributed by atoms with E-state index >= 15 is 0 Å². The summed E-state index contributed by atoms with van der Waals surface area (Å²) in [7, 11) is 0. The van der Waals surface area contributed by atoms with E-state index in [2.05, 4.69) is 18.8 Å². The van der Waals surface area contributed by atoms with Crippen LogP contribution in [0.3, 0.4) is 0 Å². The van der Waals surface area contributed by atoms with E-state index in [1.54, 1.807) is 6.20 Å². The molecule has 1 heterocycles. The topological polar surface area (TPSA) is 59.1 Å². The highest BCUT2D eigenvalue weighted by atomic mass is 16.3. The van der Waals surface area contributed by atoms with Gasteiger partial charge in [0.2, 0.25) is 0 Å². The number of nitrogens with two attached hydrogens (primary N) is 1. The maximum atomic E-state index is 9.78. The van der Waals surface area contributed by atoms with Gasteiger partial charge in [-0.3, -0.25) is 0 Å². The summed E-state index contributed by atoms with van der Waals surface area (Å²) in [4.78, 5) is 3.92. The predicted molar refractivity (Wildman–Crippen MR) is 62.4 cm³/mol. The standard InChI is InChI=1S/C12H20N2O/c1-9(2)3-4-11(15)7-10-5-6-14-12(13)8-10/h5-6,8-9,11,15H,3-4,7H2,1-2H3,(H2,13,14). The Bertz CT molecular complexity index is 299. The van der Waals surface area contributed by atoms with Crippen molar-refractivity contribution >= 4 is 5.82 Å². The molecule has 1 aromatic rings. The zero-order chi connectivity index (χ0) is 11.3. The molecule has 1 unspecified atom stereocenters. The molecule has 3 nitrogen and oxygen atoms in total. The van der Waals surface area contributed by atoms with Crippen molar-refractivity contribution in [2.75, 3.05) is 5.73 Å². The fourth-order valence-electron chi connectivity index (χ4n) is 1.52. The Morgan fingerprint density at radius 3 is 2.73 bits per heavy atom. The van der Waals surface area contributed by atoms with Gasteiger partial charge in [0.15, 0.2) is 0 Å². The Morgan fingerprint density at radius 1 is 1.40 bits per heavy atom. The van der Waals surface area contributed by atoms with Crippen LogP contribution in [0, 0.1) is 5.92 Å². The van der Waals surface area contributed by atoms with E-state index in [-0.39, 0.29) is 6.10 Å². The number of aliphatic hydroxyl groups excluding tert-OH is 1. The third-order valence-corrected chi connectivity index (χ3v) is 2.39. The average Bonchev–Trinajstić information content (AvgIpc) is 2.15. The lowest BCUT2D eigenvalue weighted by Gasteiger charge is -2.12. The van der Waals surface area contributed by atoms with Gasteiger partial charge in [-0.1, -0.05) is 13.8 Å². The van der Waals surface area contributed by atoms with E-state index in [0.29, 0.717) is 18.2 Å².